The van der Waals surface area contributed by atoms with Crippen LogP contribution in [0.5, 0.6) is 0 Å². The van der Waals surface area contributed by atoms with Crippen molar-refractivity contribution in [3.05, 3.63) is 29.8 Å². The second kappa shape index (κ2) is 5.01. The second-order valence-corrected chi connectivity index (χ2v) is 6.30. The highest BCUT2D eigenvalue weighted by atomic mass is 32.2. The molecule has 0 amide bonds. The van der Waals surface area contributed by atoms with Gasteiger partial charge in [-0.05, 0) is 43.1 Å². The molecule has 0 radical (unpaired) electrons. The number of rotatable bonds is 2. The summed E-state index contributed by atoms with van der Waals surface area (Å²) in [6, 6.07) is 10.4. The molecule has 0 aromatic heterocycles. The summed E-state index contributed by atoms with van der Waals surface area (Å²) in [6.45, 7) is 0. The van der Waals surface area contributed by atoms with Crippen LogP contribution in [0.15, 0.2) is 29.2 Å². The maximum Gasteiger partial charge on any atom is 0.0341 e. The zero-order chi connectivity index (χ0) is 11.7. The van der Waals surface area contributed by atoms with E-state index in [1.807, 2.05) is 11.8 Å². The van der Waals surface area contributed by atoms with E-state index in [0.717, 1.165) is 6.42 Å². The fourth-order valence-electron chi connectivity index (χ4n) is 2.97. The van der Waals surface area contributed by atoms with Gasteiger partial charge in [-0.1, -0.05) is 18.2 Å². The van der Waals surface area contributed by atoms with Gasteiger partial charge in [-0.2, -0.15) is 0 Å². The summed E-state index contributed by atoms with van der Waals surface area (Å²) >= 11 is 1.99. The zero-order valence-electron chi connectivity index (χ0n) is 10.1. The highest BCUT2D eigenvalue weighted by Gasteiger charge is 2.27. The van der Waals surface area contributed by atoms with E-state index in [-0.39, 0.29) is 0 Å². The molecular weight excluding hydrogens is 228 g/mol. The summed E-state index contributed by atoms with van der Waals surface area (Å²) < 4.78 is 0. The second-order valence-electron chi connectivity index (χ2n) is 5.16. The highest BCUT2D eigenvalue weighted by molar-refractivity contribution is 7.99. The average molecular weight is 248 g/mol. The van der Waals surface area contributed by atoms with E-state index in [4.69, 9.17) is 5.73 Å². The Morgan fingerprint density at radius 2 is 2.06 bits per heavy atom. The first-order valence-corrected chi connectivity index (χ1v) is 7.55. The first kappa shape index (κ1) is 11.6. The molecule has 1 aliphatic carbocycles. The minimum atomic E-state index is 0.417. The average Bonchev–Trinajstić information content (AvgIpc) is 2.75. The Morgan fingerprint density at radius 3 is 2.88 bits per heavy atom. The van der Waals surface area contributed by atoms with Gasteiger partial charge in [-0.15, -0.1) is 11.8 Å². The first-order chi connectivity index (χ1) is 8.33. The molecule has 3 atom stereocenters. The fourth-order valence-corrected chi connectivity index (χ4v) is 4.09. The minimum absolute atomic E-state index is 0.417. The topological polar surface area (TPSA) is 38.0 Å². The predicted octanol–water partition coefficient (Wildman–Crippen LogP) is 2.69. The summed E-state index contributed by atoms with van der Waals surface area (Å²) in [5, 5.41) is 3.81. The van der Waals surface area contributed by atoms with Crippen LogP contribution < -0.4 is 11.1 Å². The molecule has 2 nitrogen and oxygen atoms in total. The van der Waals surface area contributed by atoms with Gasteiger partial charge < -0.3 is 11.1 Å². The lowest BCUT2D eigenvalue weighted by Crippen LogP contribution is -2.33. The van der Waals surface area contributed by atoms with E-state index in [1.54, 1.807) is 0 Å². The number of fused-ring (bicyclic) bond motifs is 1. The van der Waals surface area contributed by atoms with Gasteiger partial charge in [0.2, 0.25) is 0 Å². The summed E-state index contributed by atoms with van der Waals surface area (Å²) in [4.78, 5) is 1.46. The lowest BCUT2D eigenvalue weighted by atomic mass is 10.0. The summed E-state index contributed by atoms with van der Waals surface area (Å²) in [7, 11) is 0. The van der Waals surface area contributed by atoms with Crippen molar-refractivity contribution in [1.29, 1.82) is 0 Å². The summed E-state index contributed by atoms with van der Waals surface area (Å²) in [6.07, 6.45) is 4.81. The molecular formula is C14H20N2S. The van der Waals surface area contributed by atoms with Gasteiger partial charge in [0.15, 0.2) is 0 Å². The third kappa shape index (κ3) is 2.51. The SMILES string of the molecule is NC1CCC(NC2CCSc3ccccc32)C1. The lowest BCUT2D eigenvalue weighted by molar-refractivity contribution is 0.422. The molecule has 1 saturated carbocycles. The molecule has 3 heteroatoms. The van der Waals surface area contributed by atoms with Crippen LogP contribution in [0.3, 0.4) is 0 Å². The number of benzene rings is 1. The van der Waals surface area contributed by atoms with E-state index in [1.165, 1.54) is 35.5 Å². The number of thioether (sulfide) groups is 1. The quantitative estimate of drug-likeness (QED) is 0.845. The van der Waals surface area contributed by atoms with E-state index >= 15 is 0 Å². The molecule has 0 spiro atoms. The van der Waals surface area contributed by atoms with Crippen molar-refractivity contribution >= 4 is 11.8 Å². The van der Waals surface area contributed by atoms with Crippen LogP contribution in [0.2, 0.25) is 0 Å². The lowest BCUT2D eigenvalue weighted by Gasteiger charge is -2.28. The smallest absolute Gasteiger partial charge is 0.0341 e. The molecule has 1 aromatic carbocycles. The van der Waals surface area contributed by atoms with Gasteiger partial charge in [-0.3, -0.25) is 0 Å². The van der Waals surface area contributed by atoms with Crippen LogP contribution in [0.25, 0.3) is 0 Å². The summed E-state index contributed by atoms with van der Waals surface area (Å²) in [5.74, 6) is 1.23. The van der Waals surface area contributed by atoms with Crippen LogP contribution in [-0.4, -0.2) is 17.8 Å². The zero-order valence-corrected chi connectivity index (χ0v) is 10.9. The van der Waals surface area contributed by atoms with Crippen molar-refractivity contribution in [2.75, 3.05) is 5.75 Å². The van der Waals surface area contributed by atoms with Crippen LogP contribution in [0.1, 0.15) is 37.3 Å². The van der Waals surface area contributed by atoms with Gasteiger partial charge in [-0.25, -0.2) is 0 Å². The normalized spacial score (nSPS) is 32.4. The molecule has 3 N–H and O–H groups in total. The molecule has 3 unspecified atom stereocenters. The molecule has 1 aliphatic heterocycles. The molecule has 0 bridgehead atoms. The Balaban J connectivity index is 1.72. The van der Waals surface area contributed by atoms with Gasteiger partial charge in [0, 0.05) is 23.0 Å². The molecule has 2 aliphatic rings. The standard InChI is InChI=1S/C14H20N2S/c15-10-5-6-11(9-10)16-13-7-8-17-14-4-2-1-3-12(13)14/h1-4,10-11,13,16H,5-9,15H2. The van der Waals surface area contributed by atoms with Crippen molar-refractivity contribution in [1.82, 2.24) is 5.32 Å². The molecule has 3 rings (SSSR count). The largest absolute Gasteiger partial charge is 0.328 e. The van der Waals surface area contributed by atoms with Gasteiger partial charge in [0.25, 0.3) is 0 Å². The molecule has 92 valence electrons. The monoisotopic (exact) mass is 248 g/mol. The molecule has 0 saturated heterocycles. The third-order valence-electron chi connectivity index (χ3n) is 3.87. The van der Waals surface area contributed by atoms with Crippen molar-refractivity contribution in [2.24, 2.45) is 5.73 Å². The Kier molecular flexibility index (Phi) is 3.41. The fraction of sp³-hybridized carbons (Fsp3) is 0.571. The highest BCUT2D eigenvalue weighted by Crippen LogP contribution is 2.36. The molecule has 1 heterocycles. The van der Waals surface area contributed by atoms with Crippen molar-refractivity contribution in [2.45, 2.75) is 48.7 Å². The maximum absolute atomic E-state index is 5.98. The van der Waals surface area contributed by atoms with Crippen LogP contribution in [0.4, 0.5) is 0 Å². The number of nitrogens with one attached hydrogen (secondary N) is 1. The molecule has 17 heavy (non-hydrogen) atoms. The maximum atomic E-state index is 5.98. The third-order valence-corrected chi connectivity index (χ3v) is 4.99. The number of hydrogen-bond donors (Lipinski definition) is 2. The van der Waals surface area contributed by atoms with Crippen molar-refractivity contribution < 1.29 is 0 Å². The molecule has 1 fully saturated rings. The van der Waals surface area contributed by atoms with Crippen LogP contribution in [0, 0.1) is 0 Å². The van der Waals surface area contributed by atoms with Gasteiger partial charge in [0.1, 0.15) is 0 Å². The predicted molar refractivity (Wildman–Crippen MR) is 73.3 cm³/mol. The minimum Gasteiger partial charge on any atom is -0.328 e. The van der Waals surface area contributed by atoms with Gasteiger partial charge >= 0.3 is 0 Å². The Labute approximate surface area is 107 Å². The van der Waals surface area contributed by atoms with E-state index in [0.29, 0.717) is 18.1 Å². The van der Waals surface area contributed by atoms with Crippen molar-refractivity contribution in [3.8, 4) is 0 Å². The van der Waals surface area contributed by atoms with E-state index < -0.39 is 0 Å². The summed E-state index contributed by atoms with van der Waals surface area (Å²) in [5.41, 5.74) is 7.47. The Bertz CT molecular complexity index is 394. The number of nitrogens with two attached hydrogens (primary N) is 1. The van der Waals surface area contributed by atoms with E-state index in [2.05, 4.69) is 29.6 Å². The first-order valence-electron chi connectivity index (χ1n) is 6.56. The van der Waals surface area contributed by atoms with Crippen LogP contribution in [-0.2, 0) is 0 Å². The van der Waals surface area contributed by atoms with Gasteiger partial charge in [0.05, 0.1) is 0 Å². The van der Waals surface area contributed by atoms with Crippen LogP contribution >= 0.6 is 11.8 Å². The molecule has 1 aromatic rings. The van der Waals surface area contributed by atoms with E-state index in [9.17, 15) is 0 Å². The number of hydrogen-bond acceptors (Lipinski definition) is 3. The Hall–Kier alpha value is -0.510. The van der Waals surface area contributed by atoms with Crippen molar-refractivity contribution in [3.63, 3.8) is 0 Å². The Morgan fingerprint density at radius 1 is 1.18 bits per heavy atom.